The summed E-state index contributed by atoms with van der Waals surface area (Å²) in [6.07, 6.45) is 3.63. The van der Waals surface area contributed by atoms with E-state index in [1.165, 1.54) is 19.3 Å². The fourth-order valence-corrected chi connectivity index (χ4v) is 2.54. The summed E-state index contributed by atoms with van der Waals surface area (Å²) in [6.45, 7) is 3.12. The molecule has 6 nitrogen and oxygen atoms in total. The lowest BCUT2D eigenvalue weighted by atomic mass is 9.93. The number of amides is 1. The minimum absolute atomic E-state index is 0.199. The number of hydrogen-bond acceptors (Lipinski definition) is 5. The van der Waals surface area contributed by atoms with Crippen LogP contribution >= 0.6 is 0 Å². The third-order valence-electron chi connectivity index (χ3n) is 3.85. The Labute approximate surface area is 120 Å². The summed E-state index contributed by atoms with van der Waals surface area (Å²) in [5.41, 5.74) is 0.361. The first kappa shape index (κ1) is 14.7. The van der Waals surface area contributed by atoms with Crippen molar-refractivity contribution in [3.05, 3.63) is 17.8 Å². The predicted octanol–water partition coefficient (Wildman–Crippen LogP) is 0.662. The van der Waals surface area contributed by atoms with Crippen molar-refractivity contribution in [2.24, 2.45) is 5.92 Å². The van der Waals surface area contributed by atoms with Gasteiger partial charge in [-0.05, 0) is 50.9 Å². The molecular formula is C14H23N5O. The van der Waals surface area contributed by atoms with Crippen LogP contribution in [0.25, 0.3) is 0 Å². The SMILES string of the molecule is CNCCC1CCN(c2ccc(C(=O)NC)nn2)CC1. The number of nitrogens with zero attached hydrogens (tertiary/aromatic N) is 3. The number of nitrogens with one attached hydrogen (secondary N) is 2. The predicted molar refractivity (Wildman–Crippen MR) is 78.9 cm³/mol. The van der Waals surface area contributed by atoms with Gasteiger partial charge in [0.15, 0.2) is 11.5 Å². The molecule has 2 rings (SSSR count). The molecule has 20 heavy (non-hydrogen) atoms. The molecule has 0 spiro atoms. The largest absolute Gasteiger partial charge is 0.355 e. The molecule has 0 radical (unpaired) electrons. The molecule has 1 aromatic heterocycles. The van der Waals surface area contributed by atoms with Gasteiger partial charge in [-0.25, -0.2) is 0 Å². The number of carbonyl (C=O) groups is 1. The average Bonchev–Trinajstić information content (AvgIpc) is 2.53. The van der Waals surface area contributed by atoms with E-state index in [1.54, 1.807) is 13.1 Å². The van der Waals surface area contributed by atoms with Crippen LogP contribution in [-0.4, -0.2) is 49.8 Å². The Balaban J connectivity index is 1.89. The first-order valence-corrected chi connectivity index (χ1v) is 7.20. The Bertz CT molecular complexity index is 426. The highest BCUT2D eigenvalue weighted by molar-refractivity contribution is 5.91. The minimum Gasteiger partial charge on any atom is -0.355 e. The highest BCUT2D eigenvalue weighted by Gasteiger charge is 2.20. The summed E-state index contributed by atoms with van der Waals surface area (Å²) in [5, 5.41) is 13.9. The highest BCUT2D eigenvalue weighted by atomic mass is 16.1. The van der Waals surface area contributed by atoms with Crippen LogP contribution in [0.3, 0.4) is 0 Å². The van der Waals surface area contributed by atoms with E-state index in [2.05, 4.69) is 25.7 Å². The fourth-order valence-electron chi connectivity index (χ4n) is 2.54. The second-order valence-corrected chi connectivity index (χ2v) is 5.18. The normalized spacial score (nSPS) is 16.2. The van der Waals surface area contributed by atoms with E-state index in [1.807, 2.05) is 13.1 Å². The van der Waals surface area contributed by atoms with Crippen molar-refractivity contribution >= 4 is 11.7 Å². The van der Waals surface area contributed by atoms with Crippen LogP contribution in [0, 0.1) is 5.92 Å². The Morgan fingerprint density at radius 3 is 2.60 bits per heavy atom. The molecule has 1 amide bonds. The smallest absolute Gasteiger partial charge is 0.271 e. The molecule has 2 heterocycles. The molecule has 0 aliphatic carbocycles. The van der Waals surface area contributed by atoms with Crippen molar-refractivity contribution in [2.45, 2.75) is 19.3 Å². The molecule has 0 unspecified atom stereocenters. The maximum atomic E-state index is 11.4. The molecule has 1 aromatic rings. The second-order valence-electron chi connectivity index (χ2n) is 5.18. The zero-order chi connectivity index (χ0) is 14.4. The van der Waals surface area contributed by atoms with Crippen molar-refractivity contribution in [1.29, 1.82) is 0 Å². The van der Waals surface area contributed by atoms with Crippen LogP contribution in [0.4, 0.5) is 5.82 Å². The molecule has 2 N–H and O–H groups in total. The van der Waals surface area contributed by atoms with Crippen molar-refractivity contribution in [3.8, 4) is 0 Å². The summed E-state index contributed by atoms with van der Waals surface area (Å²) >= 11 is 0. The van der Waals surface area contributed by atoms with Crippen LogP contribution < -0.4 is 15.5 Å². The van der Waals surface area contributed by atoms with Crippen LogP contribution in [0.5, 0.6) is 0 Å². The molecule has 6 heteroatoms. The lowest BCUT2D eigenvalue weighted by molar-refractivity contribution is 0.0957. The van der Waals surface area contributed by atoms with Gasteiger partial charge in [0, 0.05) is 20.1 Å². The lowest BCUT2D eigenvalue weighted by Crippen LogP contribution is -2.35. The van der Waals surface area contributed by atoms with E-state index in [4.69, 9.17) is 0 Å². The van der Waals surface area contributed by atoms with Gasteiger partial charge < -0.3 is 15.5 Å². The van der Waals surface area contributed by atoms with E-state index in [9.17, 15) is 4.79 Å². The summed E-state index contributed by atoms with van der Waals surface area (Å²) in [4.78, 5) is 13.7. The maximum absolute atomic E-state index is 11.4. The molecule has 1 aliphatic rings. The Hall–Kier alpha value is -1.69. The standard InChI is InChI=1S/C14H23N5O/c1-15-8-5-11-6-9-19(10-7-11)13-4-3-12(17-18-13)14(20)16-2/h3-4,11,15H,5-10H2,1-2H3,(H,16,20). The van der Waals surface area contributed by atoms with E-state index >= 15 is 0 Å². The van der Waals surface area contributed by atoms with Crippen molar-refractivity contribution < 1.29 is 4.79 Å². The molecule has 0 atom stereocenters. The van der Waals surface area contributed by atoms with Crippen LogP contribution in [0.15, 0.2) is 12.1 Å². The van der Waals surface area contributed by atoms with Gasteiger partial charge in [-0.3, -0.25) is 4.79 Å². The van der Waals surface area contributed by atoms with Crippen LogP contribution in [0.2, 0.25) is 0 Å². The van der Waals surface area contributed by atoms with E-state index in [0.29, 0.717) is 5.69 Å². The molecular weight excluding hydrogens is 254 g/mol. The maximum Gasteiger partial charge on any atom is 0.271 e. The van der Waals surface area contributed by atoms with Crippen molar-refractivity contribution in [2.75, 3.05) is 38.6 Å². The fraction of sp³-hybridized carbons (Fsp3) is 0.643. The van der Waals surface area contributed by atoms with Gasteiger partial charge in [0.05, 0.1) is 0 Å². The van der Waals surface area contributed by atoms with Crippen molar-refractivity contribution in [1.82, 2.24) is 20.8 Å². The number of carbonyl (C=O) groups excluding carboxylic acids is 1. The Morgan fingerprint density at radius 1 is 1.30 bits per heavy atom. The summed E-state index contributed by atoms with van der Waals surface area (Å²) in [5.74, 6) is 1.47. The van der Waals surface area contributed by atoms with Crippen LogP contribution in [0.1, 0.15) is 29.8 Å². The number of rotatable bonds is 5. The summed E-state index contributed by atoms with van der Waals surface area (Å²) in [6, 6.07) is 3.61. The van der Waals surface area contributed by atoms with Gasteiger partial charge in [-0.15, -0.1) is 10.2 Å². The zero-order valence-electron chi connectivity index (χ0n) is 12.2. The minimum atomic E-state index is -0.199. The number of piperidine rings is 1. The number of anilines is 1. The molecule has 0 bridgehead atoms. The quantitative estimate of drug-likeness (QED) is 0.827. The molecule has 1 saturated heterocycles. The average molecular weight is 277 g/mol. The zero-order valence-corrected chi connectivity index (χ0v) is 12.2. The van der Waals surface area contributed by atoms with Gasteiger partial charge >= 0.3 is 0 Å². The van der Waals surface area contributed by atoms with Crippen molar-refractivity contribution in [3.63, 3.8) is 0 Å². The second kappa shape index (κ2) is 7.19. The van der Waals surface area contributed by atoms with E-state index in [0.717, 1.165) is 31.4 Å². The third-order valence-corrected chi connectivity index (χ3v) is 3.85. The summed E-state index contributed by atoms with van der Waals surface area (Å²) in [7, 11) is 3.59. The molecule has 0 aromatic carbocycles. The Morgan fingerprint density at radius 2 is 2.05 bits per heavy atom. The topological polar surface area (TPSA) is 70.2 Å². The molecule has 1 fully saturated rings. The first-order valence-electron chi connectivity index (χ1n) is 7.20. The van der Waals surface area contributed by atoms with Crippen LogP contribution in [-0.2, 0) is 0 Å². The van der Waals surface area contributed by atoms with Gasteiger partial charge in [-0.2, -0.15) is 0 Å². The molecule has 110 valence electrons. The Kier molecular flexibility index (Phi) is 5.29. The van der Waals surface area contributed by atoms with Gasteiger partial charge in [-0.1, -0.05) is 0 Å². The number of hydrogen-bond donors (Lipinski definition) is 2. The van der Waals surface area contributed by atoms with Gasteiger partial charge in [0.2, 0.25) is 0 Å². The van der Waals surface area contributed by atoms with Gasteiger partial charge in [0.25, 0.3) is 5.91 Å². The first-order chi connectivity index (χ1) is 9.74. The summed E-state index contributed by atoms with van der Waals surface area (Å²) < 4.78 is 0. The third kappa shape index (κ3) is 3.66. The highest BCUT2D eigenvalue weighted by Crippen LogP contribution is 2.23. The van der Waals surface area contributed by atoms with E-state index < -0.39 is 0 Å². The van der Waals surface area contributed by atoms with E-state index in [-0.39, 0.29) is 5.91 Å². The molecule has 0 saturated carbocycles. The molecule has 1 aliphatic heterocycles. The lowest BCUT2D eigenvalue weighted by Gasteiger charge is -2.32. The number of aromatic nitrogens is 2. The van der Waals surface area contributed by atoms with Gasteiger partial charge in [0.1, 0.15) is 0 Å². The monoisotopic (exact) mass is 277 g/mol.